The molecule has 0 amide bonds. The lowest BCUT2D eigenvalue weighted by Crippen LogP contribution is -2.49. The Morgan fingerprint density at radius 2 is 1.59 bits per heavy atom. The van der Waals surface area contributed by atoms with Crippen LogP contribution in [0.2, 0.25) is 0 Å². The Hall–Kier alpha value is 0.140. The van der Waals surface area contributed by atoms with Gasteiger partial charge in [-0.05, 0) is 12.8 Å². The van der Waals surface area contributed by atoms with E-state index >= 15 is 0 Å². The van der Waals surface area contributed by atoms with Crippen LogP contribution in [-0.4, -0.2) is 25.3 Å². The molecule has 0 aromatic heterocycles. The highest BCUT2D eigenvalue weighted by atomic mass is 79.9. The van der Waals surface area contributed by atoms with E-state index in [-0.39, 0.29) is 22.6 Å². The molecule has 0 aromatic carbocycles. The second kappa shape index (κ2) is 14.7. The Balaban J connectivity index is 0.00000441. The van der Waals surface area contributed by atoms with Crippen molar-refractivity contribution in [3.8, 4) is 0 Å². The molecule has 0 aromatic rings. The smallest absolute Gasteiger partial charge is 0.0841 e. The summed E-state index contributed by atoms with van der Waals surface area (Å²) in [5.41, 5.74) is 0.0418. The van der Waals surface area contributed by atoms with Gasteiger partial charge in [0.05, 0.1) is 12.2 Å². The largest absolute Gasteiger partial charge is 0.372 e. The van der Waals surface area contributed by atoms with Crippen molar-refractivity contribution in [3.63, 3.8) is 0 Å². The summed E-state index contributed by atoms with van der Waals surface area (Å²) in [6.45, 7) is 9.02. The fraction of sp³-hybridized carbons (Fsp3) is 0.895. The molecule has 132 valence electrons. The molecule has 1 heterocycles. The van der Waals surface area contributed by atoms with Crippen LogP contribution >= 0.6 is 17.0 Å². The van der Waals surface area contributed by atoms with Gasteiger partial charge in [0.25, 0.3) is 0 Å². The molecule has 3 heteroatoms. The van der Waals surface area contributed by atoms with Crippen LogP contribution in [0.5, 0.6) is 0 Å². The number of rotatable bonds is 13. The lowest BCUT2D eigenvalue weighted by atomic mass is 9.90. The van der Waals surface area contributed by atoms with Crippen LogP contribution in [0.1, 0.15) is 84.0 Å². The van der Waals surface area contributed by atoms with Crippen molar-refractivity contribution in [2.75, 3.05) is 19.7 Å². The summed E-state index contributed by atoms with van der Waals surface area (Å²) in [7, 11) is 0. The van der Waals surface area contributed by atoms with Crippen LogP contribution in [0.4, 0.5) is 0 Å². The summed E-state index contributed by atoms with van der Waals surface area (Å²) >= 11 is 0. The van der Waals surface area contributed by atoms with Crippen molar-refractivity contribution in [2.45, 2.75) is 89.6 Å². The molecule has 0 spiro atoms. The van der Waals surface area contributed by atoms with Gasteiger partial charge < -0.3 is 10.1 Å². The molecule has 1 atom stereocenters. The molecule has 0 radical (unpaired) electrons. The number of nitrogens with one attached hydrogen (secondary N) is 1. The van der Waals surface area contributed by atoms with Crippen molar-refractivity contribution in [3.05, 3.63) is 12.7 Å². The molecule has 1 aliphatic heterocycles. The van der Waals surface area contributed by atoms with Crippen LogP contribution in [-0.2, 0) is 4.74 Å². The molecule has 1 fully saturated rings. The van der Waals surface area contributed by atoms with Gasteiger partial charge in [-0.3, -0.25) is 0 Å². The van der Waals surface area contributed by atoms with E-state index in [2.05, 4.69) is 18.8 Å². The van der Waals surface area contributed by atoms with Gasteiger partial charge in [0.1, 0.15) is 0 Å². The molecule has 22 heavy (non-hydrogen) atoms. The standard InChI is InChI=1S/C19H37NO.BrH/c1-3-5-6-7-8-9-10-11-12-13-15-19(14-4-2)18-20-16-17-21-19;/h4,20H,2-3,5-18H2,1H3;1H. The average molecular weight is 376 g/mol. The molecular formula is C19H38BrNO. The molecule has 1 saturated heterocycles. The molecule has 1 N–H and O–H groups in total. The number of hydrogen-bond acceptors (Lipinski definition) is 2. The minimum Gasteiger partial charge on any atom is -0.372 e. The van der Waals surface area contributed by atoms with Gasteiger partial charge in [0.2, 0.25) is 0 Å². The summed E-state index contributed by atoms with van der Waals surface area (Å²) in [6, 6.07) is 0. The van der Waals surface area contributed by atoms with Crippen molar-refractivity contribution in [1.29, 1.82) is 0 Å². The molecule has 1 rings (SSSR count). The third-order valence-electron chi connectivity index (χ3n) is 4.64. The minimum absolute atomic E-state index is 0. The van der Waals surface area contributed by atoms with Gasteiger partial charge >= 0.3 is 0 Å². The summed E-state index contributed by atoms with van der Waals surface area (Å²) in [6.07, 6.45) is 18.2. The third kappa shape index (κ3) is 10.0. The van der Waals surface area contributed by atoms with E-state index in [0.717, 1.165) is 26.1 Å². The number of ether oxygens (including phenoxy) is 1. The molecule has 0 bridgehead atoms. The normalized spacial score (nSPS) is 21.3. The van der Waals surface area contributed by atoms with Gasteiger partial charge in [-0.2, -0.15) is 0 Å². The molecule has 2 nitrogen and oxygen atoms in total. The van der Waals surface area contributed by atoms with E-state index in [1.165, 1.54) is 70.6 Å². The lowest BCUT2D eigenvalue weighted by molar-refractivity contribution is -0.0702. The predicted octanol–water partition coefficient (Wildman–Crippen LogP) is 5.81. The topological polar surface area (TPSA) is 21.3 Å². The zero-order valence-corrected chi connectivity index (χ0v) is 16.4. The van der Waals surface area contributed by atoms with E-state index in [1.807, 2.05) is 6.08 Å². The first kappa shape index (κ1) is 22.1. The summed E-state index contributed by atoms with van der Waals surface area (Å²) in [5.74, 6) is 0. The second-order valence-corrected chi connectivity index (χ2v) is 6.63. The SMILES string of the molecule is Br.C=CCC1(CCCCCCCCCCCC)CNCCO1. The van der Waals surface area contributed by atoms with Crippen LogP contribution in [0.3, 0.4) is 0 Å². The molecule has 1 aliphatic rings. The molecule has 1 unspecified atom stereocenters. The first-order chi connectivity index (χ1) is 10.3. The second-order valence-electron chi connectivity index (χ2n) is 6.63. The summed E-state index contributed by atoms with van der Waals surface area (Å²) < 4.78 is 6.05. The molecule has 0 saturated carbocycles. The minimum atomic E-state index is 0. The predicted molar refractivity (Wildman–Crippen MR) is 103 cm³/mol. The quantitative estimate of drug-likeness (QED) is 0.323. The fourth-order valence-corrected chi connectivity index (χ4v) is 3.30. The highest BCUT2D eigenvalue weighted by Gasteiger charge is 2.31. The maximum absolute atomic E-state index is 6.05. The van der Waals surface area contributed by atoms with E-state index in [1.54, 1.807) is 0 Å². The van der Waals surface area contributed by atoms with E-state index in [4.69, 9.17) is 4.74 Å². The Labute approximate surface area is 149 Å². The fourth-order valence-electron chi connectivity index (χ4n) is 3.30. The van der Waals surface area contributed by atoms with Gasteiger partial charge in [-0.15, -0.1) is 23.6 Å². The number of morpholine rings is 1. The molecular weight excluding hydrogens is 338 g/mol. The average Bonchev–Trinajstić information content (AvgIpc) is 2.50. The van der Waals surface area contributed by atoms with Crippen molar-refractivity contribution < 1.29 is 4.74 Å². The van der Waals surface area contributed by atoms with Gasteiger partial charge in [0, 0.05) is 13.1 Å². The Morgan fingerprint density at radius 1 is 1.00 bits per heavy atom. The summed E-state index contributed by atoms with van der Waals surface area (Å²) in [4.78, 5) is 0. The van der Waals surface area contributed by atoms with Gasteiger partial charge in [-0.1, -0.05) is 77.2 Å². The van der Waals surface area contributed by atoms with Gasteiger partial charge in [0.15, 0.2) is 0 Å². The maximum atomic E-state index is 6.05. The first-order valence-corrected chi connectivity index (χ1v) is 9.28. The Morgan fingerprint density at radius 3 is 2.09 bits per heavy atom. The third-order valence-corrected chi connectivity index (χ3v) is 4.64. The van der Waals surface area contributed by atoms with E-state index in [0.29, 0.717) is 0 Å². The van der Waals surface area contributed by atoms with Crippen molar-refractivity contribution in [1.82, 2.24) is 5.32 Å². The zero-order chi connectivity index (χ0) is 15.2. The highest BCUT2D eigenvalue weighted by Crippen LogP contribution is 2.26. The first-order valence-electron chi connectivity index (χ1n) is 9.28. The van der Waals surface area contributed by atoms with Crippen LogP contribution in [0.25, 0.3) is 0 Å². The number of halogens is 1. The van der Waals surface area contributed by atoms with E-state index in [9.17, 15) is 0 Å². The van der Waals surface area contributed by atoms with Crippen molar-refractivity contribution >= 4 is 17.0 Å². The summed E-state index contributed by atoms with van der Waals surface area (Å²) in [5, 5.41) is 3.47. The van der Waals surface area contributed by atoms with Crippen LogP contribution in [0.15, 0.2) is 12.7 Å². The van der Waals surface area contributed by atoms with Gasteiger partial charge in [-0.25, -0.2) is 0 Å². The van der Waals surface area contributed by atoms with Crippen molar-refractivity contribution in [2.24, 2.45) is 0 Å². The van der Waals surface area contributed by atoms with Crippen LogP contribution < -0.4 is 5.32 Å². The number of hydrogen-bond donors (Lipinski definition) is 1. The lowest BCUT2D eigenvalue weighted by Gasteiger charge is -2.37. The Kier molecular flexibility index (Phi) is 14.8. The Bertz CT molecular complexity index is 252. The monoisotopic (exact) mass is 375 g/mol. The van der Waals surface area contributed by atoms with E-state index < -0.39 is 0 Å². The maximum Gasteiger partial charge on any atom is 0.0841 e. The molecule has 0 aliphatic carbocycles. The highest BCUT2D eigenvalue weighted by molar-refractivity contribution is 8.93. The number of unbranched alkanes of at least 4 members (excludes halogenated alkanes) is 9. The van der Waals surface area contributed by atoms with Crippen LogP contribution in [0, 0.1) is 0 Å². The zero-order valence-electron chi connectivity index (χ0n) is 14.7.